The quantitative estimate of drug-likeness (QED) is 0.385. The van der Waals surface area contributed by atoms with E-state index in [-0.39, 0.29) is 11.6 Å². The SMILES string of the molecule is CCC1C=Nc2ncnc(NC(C)c3nc4cccc(C)n4c(=O)c3-c3cnc(Cl)c(C)c3)c2C1. The second-order valence-electron chi connectivity index (χ2n) is 8.91. The first-order chi connectivity index (χ1) is 16.9. The average Bonchev–Trinajstić information content (AvgIpc) is 2.85. The zero-order valence-electron chi connectivity index (χ0n) is 20.1. The third-order valence-corrected chi connectivity index (χ3v) is 6.86. The van der Waals surface area contributed by atoms with E-state index >= 15 is 0 Å². The van der Waals surface area contributed by atoms with Crippen LogP contribution in [0.25, 0.3) is 16.8 Å². The molecule has 1 aliphatic rings. The summed E-state index contributed by atoms with van der Waals surface area (Å²) in [6.45, 7) is 7.88. The number of rotatable bonds is 5. The van der Waals surface area contributed by atoms with Crippen LogP contribution in [0.3, 0.4) is 0 Å². The van der Waals surface area contributed by atoms with Crippen molar-refractivity contribution in [2.45, 2.75) is 46.6 Å². The molecular formula is C26H26ClN7O. The maximum Gasteiger partial charge on any atom is 0.266 e. The Hall–Kier alpha value is -3.65. The second-order valence-corrected chi connectivity index (χ2v) is 9.27. The van der Waals surface area contributed by atoms with Crippen molar-refractivity contribution in [3.63, 3.8) is 0 Å². The Balaban J connectivity index is 1.66. The minimum Gasteiger partial charge on any atom is -0.362 e. The lowest BCUT2D eigenvalue weighted by molar-refractivity contribution is 0.661. The normalized spacial score (nSPS) is 15.7. The standard InChI is InChI=1S/C26H26ClN7O/c1-5-17-10-19-24(29-11-17)30-13-31-25(19)32-16(4)22-21(18-9-14(2)23(27)28-12-18)26(35)34-15(3)7-6-8-20(34)33-22/h6-9,11-13,16-17H,5,10H2,1-4H3,(H,30,31,32). The fourth-order valence-corrected chi connectivity index (χ4v) is 4.58. The van der Waals surface area contributed by atoms with Crippen molar-refractivity contribution in [3.05, 3.63) is 74.8 Å². The van der Waals surface area contributed by atoms with Gasteiger partial charge in [-0.15, -0.1) is 0 Å². The Bertz CT molecular complexity index is 1530. The summed E-state index contributed by atoms with van der Waals surface area (Å²) in [4.78, 5) is 36.4. The summed E-state index contributed by atoms with van der Waals surface area (Å²) in [5, 5.41) is 3.90. The highest BCUT2D eigenvalue weighted by molar-refractivity contribution is 6.30. The summed E-state index contributed by atoms with van der Waals surface area (Å²) in [6.07, 6.45) is 6.90. The van der Waals surface area contributed by atoms with Gasteiger partial charge in [-0.3, -0.25) is 9.20 Å². The second kappa shape index (κ2) is 9.19. The maximum atomic E-state index is 13.8. The number of anilines is 1. The van der Waals surface area contributed by atoms with E-state index in [4.69, 9.17) is 16.6 Å². The van der Waals surface area contributed by atoms with Crippen LogP contribution in [-0.4, -0.2) is 30.6 Å². The van der Waals surface area contributed by atoms with Gasteiger partial charge in [0.05, 0.1) is 17.3 Å². The van der Waals surface area contributed by atoms with E-state index in [2.05, 4.69) is 32.2 Å². The molecule has 0 radical (unpaired) electrons. The third kappa shape index (κ3) is 4.18. The van der Waals surface area contributed by atoms with E-state index in [1.165, 1.54) is 6.33 Å². The van der Waals surface area contributed by atoms with E-state index in [0.717, 1.165) is 29.7 Å². The van der Waals surface area contributed by atoms with E-state index < -0.39 is 0 Å². The highest BCUT2D eigenvalue weighted by Crippen LogP contribution is 2.33. The number of pyridine rings is 2. The van der Waals surface area contributed by atoms with Crippen LogP contribution in [0.1, 0.15) is 48.8 Å². The molecule has 0 spiro atoms. The minimum atomic E-state index is -0.329. The van der Waals surface area contributed by atoms with Crippen molar-refractivity contribution in [1.82, 2.24) is 24.3 Å². The Morgan fingerprint density at radius 1 is 1.23 bits per heavy atom. The van der Waals surface area contributed by atoms with Gasteiger partial charge in [-0.1, -0.05) is 24.6 Å². The smallest absolute Gasteiger partial charge is 0.266 e. The van der Waals surface area contributed by atoms with Gasteiger partial charge in [-0.2, -0.15) is 0 Å². The van der Waals surface area contributed by atoms with Gasteiger partial charge in [-0.25, -0.2) is 24.9 Å². The van der Waals surface area contributed by atoms with Crippen LogP contribution < -0.4 is 10.9 Å². The van der Waals surface area contributed by atoms with Crippen molar-refractivity contribution >= 4 is 35.1 Å². The summed E-state index contributed by atoms with van der Waals surface area (Å²) >= 11 is 6.18. The van der Waals surface area contributed by atoms with E-state index in [1.54, 1.807) is 10.6 Å². The fraction of sp³-hybridized carbons (Fsp3) is 0.308. The Labute approximate surface area is 208 Å². The molecule has 9 heteroatoms. The van der Waals surface area contributed by atoms with Crippen molar-refractivity contribution in [2.75, 3.05) is 5.32 Å². The number of fused-ring (bicyclic) bond motifs is 2. The Morgan fingerprint density at radius 2 is 2.06 bits per heavy atom. The molecule has 178 valence electrons. The van der Waals surface area contributed by atoms with Crippen molar-refractivity contribution in [3.8, 4) is 11.1 Å². The molecule has 4 aromatic rings. The van der Waals surface area contributed by atoms with E-state index in [1.807, 2.05) is 51.3 Å². The molecule has 0 saturated heterocycles. The first kappa shape index (κ1) is 23.1. The number of nitrogens with zero attached hydrogens (tertiary/aromatic N) is 6. The molecule has 5 rings (SSSR count). The molecule has 4 aromatic heterocycles. The number of hydrogen-bond donors (Lipinski definition) is 1. The van der Waals surface area contributed by atoms with E-state index in [9.17, 15) is 4.79 Å². The number of halogens is 1. The number of aryl methyl sites for hydroxylation is 2. The summed E-state index contributed by atoms with van der Waals surface area (Å²) in [7, 11) is 0. The summed E-state index contributed by atoms with van der Waals surface area (Å²) in [6, 6.07) is 7.18. The summed E-state index contributed by atoms with van der Waals surface area (Å²) < 4.78 is 1.63. The number of aliphatic imine (C=N–C) groups is 1. The predicted molar refractivity (Wildman–Crippen MR) is 139 cm³/mol. The lowest BCUT2D eigenvalue weighted by atomic mass is 9.96. The zero-order chi connectivity index (χ0) is 24.7. The molecule has 1 N–H and O–H groups in total. The lowest BCUT2D eigenvalue weighted by Crippen LogP contribution is -2.25. The third-order valence-electron chi connectivity index (χ3n) is 6.46. The van der Waals surface area contributed by atoms with Gasteiger partial charge in [0.1, 0.15) is 22.9 Å². The molecule has 5 heterocycles. The molecule has 2 atom stereocenters. The van der Waals surface area contributed by atoms with Gasteiger partial charge >= 0.3 is 0 Å². The number of nitrogens with one attached hydrogen (secondary N) is 1. The molecule has 0 amide bonds. The van der Waals surface area contributed by atoms with E-state index in [0.29, 0.717) is 45.2 Å². The zero-order valence-corrected chi connectivity index (χ0v) is 20.8. The monoisotopic (exact) mass is 487 g/mol. The molecule has 0 saturated carbocycles. The molecule has 0 bridgehead atoms. The summed E-state index contributed by atoms with van der Waals surface area (Å²) in [5.41, 5.74) is 4.78. The molecule has 8 nitrogen and oxygen atoms in total. The van der Waals surface area contributed by atoms with Gasteiger partial charge < -0.3 is 5.32 Å². The number of hydrogen-bond acceptors (Lipinski definition) is 7. The van der Waals surface area contributed by atoms with Crippen LogP contribution >= 0.6 is 11.6 Å². The molecule has 35 heavy (non-hydrogen) atoms. The van der Waals surface area contributed by atoms with Crippen molar-refractivity contribution in [1.29, 1.82) is 0 Å². The minimum absolute atomic E-state index is 0.152. The maximum absolute atomic E-state index is 13.8. The van der Waals surface area contributed by atoms with Crippen LogP contribution in [0, 0.1) is 19.8 Å². The molecular weight excluding hydrogens is 462 g/mol. The summed E-state index contributed by atoms with van der Waals surface area (Å²) in [5.74, 6) is 1.73. The van der Waals surface area contributed by atoms with Gasteiger partial charge in [-0.05, 0) is 63.3 Å². The molecule has 0 aliphatic carbocycles. The molecule has 0 fully saturated rings. The van der Waals surface area contributed by atoms with Crippen LogP contribution in [0.15, 0.2) is 46.6 Å². The molecule has 0 aromatic carbocycles. The van der Waals surface area contributed by atoms with Crippen LogP contribution in [-0.2, 0) is 6.42 Å². The first-order valence-electron chi connectivity index (χ1n) is 11.7. The van der Waals surface area contributed by atoms with Crippen LogP contribution in [0.4, 0.5) is 11.6 Å². The predicted octanol–water partition coefficient (Wildman–Crippen LogP) is 5.27. The van der Waals surface area contributed by atoms with Gasteiger partial charge in [0.25, 0.3) is 5.56 Å². The van der Waals surface area contributed by atoms with Gasteiger partial charge in [0, 0.05) is 29.2 Å². The fourth-order valence-electron chi connectivity index (χ4n) is 4.48. The molecule has 1 aliphatic heterocycles. The largest absolute Gasteiger partial charge is 0.362 e. The van der Waals surface area contributed by atoms with Gasteiger partial charge in [0.15, 0.2) is 5.82 Å². The highest BCUT2D eigenvalue weighted by atomic mass is 35.5. The highest BCUT2D eigenvalue weighted by Gasteiger charge is 2.24. The lowest BCUT2D eigenvalue weighted by Gasteiger charge is -2.23. The topological polar surface area (TPSA) is 97.4 Å². The Morgan fingerprint density at radius 3 is 2.83 bits per heavy atom. The Kier molecular flexibility index (Phi) is 6.06. The molecule has 2 unspecified atom stereocenters. The van der Waals surface area contributed by atoms with Crippen molar-refractivity contribution in [2.24, 2.45) is 10.9 Å². The van der Waals surface area contributed by atoms with Gasteiger partial charge in [0.2, 0.25) is 0 Å². The average molecular weight is 488 g/mol. The van der Waals surface area contributed by atoms with Crippen molar-refractivity contribution < 1.29 is 0 Å². The first-order valence-corrected chi connectivity index (χ1v) is 12.0. The van der Waals surface area contributed by atoms with Crippen LogP contribution in [0.5, 0.6) is 0 Å². The number of aromatic nitrogens is 5. The van der Waals surface area contributed by atoms with Crippen LogP contribution in [0.2, 0.25) is 5.15 Å².